The molecule has 3 rings (SSSR count). The third-order valence-electron chi connectivity index (χ3n) is 4.52. The van der Waals surface area contributed by atoms with E-state index in [0.717, 1.165) is 11.1 Å². The van der Waals surface area contributed by atoms with Crippen molar-refractivity contribution in [2.45, 2.75) is 13.5 Å². The molecule has 174 valence electrons. The second-order valence-electron chi connectivity index (χ2n) is 7.28. The van der Waals surface area contributed by atoms with Gasteiger partial charge in [0, 0.05) is 12.2 Å². The normalized spacial score (nSPS) is 10.5. The maximum Gasteiger partial charge on any atom is 0.329 e. The number of carbonyl (C=O) groups is 3. The van der Waals surface area contributed by atoms with E-state index in [1.165, 1.54) is 30.5 Å². The molecule has 0 spiro atoms. The molecule has 0 atom stereocenters. The molecule has 0 aromatic heterocycles. The van der Waals surface area contributed by atoms with Crippen molar-refractivity contribution in [3.8, 4) is 5.75 Å². The highest BCUT2D eigenvalue weighted by molar-refractivity contribution is 6.35. The predicted molar refractivity (Wildman–Crippen MR) is 126 cm³/mol. The van der Waals surface area contributed by atoms with E-state index in [4.69, 9.17) is 4.74 Å². The van der Waals surface area contributed by atoms with E-state index in [2.05, 4.69) is 21.2 Å². The second-order valence-corrected chi connectivity index (χ2v) is 7.28. The molecule has 3 N–H and O–H groups in total. The van der Waals surface area contributed by atoms with E-state index in [1.54, 1.807) is 24.3 Å². The zero-order valence-corrected chi connectivity index (χ0v) is 18.4. The van der Waals surface area contributed by atoms with Crippen LogP contribution in [-0.4, -0.2) is 30.5 Å². The monoisotopic (exact) mass is 462 g/mol. The summed E-state index contributed by atoms with van der Waals surface area (Å²) in [4.78, 5) is 35.8. The van der Waals surface area contributed by atoms with Crippen molar-refractivity contribution in [2.75, 3.05) is 11.9 Å². The minimum Gasteiger partial charge on any atom is -0.484 e. The lowest BCUT2D eigenvalue weighted by atomic mass is 10.1. The summed E-state index contributed by atoms with van der Waals surface area (Å²) in [5.41, 5.74) is 5.17. The largest absolute Gasteiger partial charge is 0.484 e. The van der Waals surface area contributed by atoms with Crippen LogP contribution in [-0.2, 0) is 20.9 Å². The van der Waals surface area contributed by atoms with Crippen LogP contribution in [0.2, 0.25) is 0 Å². The lowest BCUT2D eigenvalue weighted by Crippen LogP contribution is -2.37. The maximum atomic E-state index is 12.9. The van der Waals surface area contributed by atoms with Crippen LogP contribution < -0.4 is 20.8 Å². The van der Waals surface area contributed by atoms with E-state index >= 15 is 0 Å². The number of ether oxygens (including phenoxy) is 1. The Hall–Kier alpha value is -4.53. The molecule has 0 fully saturated rings. The topological polar surface area (TPSA) is 109 Å². The predicted octanol–water partition coefficient (Wildman–Crippen LogP) is 2.92. The molecule has 9 heteroatoms. The Morgan fingerprint density at radius 3 is 2.44 bits per heavy atom. The van der Waals surface area contributed by atoms with E-state index in [9.17, 15) is 18.8 Å². The molecular weight excluding hydrogens is 439 g/mol. The van der Waals surface area contributed by atoms with Gasteiger partial charge in [-0.05, 0) is 54.4 Å². The SMILES string of the molecule is Cc1ccc(CNC(=O)C(=O)N/N=C\c2cccc(OCC(=O)Nc3ccc(F)cc3)c2)cc1. The van der Waals surface area contributed by atoms with Crippen molar-refractivity contribution in [1.82, 2.24) is 10.7 Å². The Kier molecular flexibility index (Phi) is 8.45. The van der Waals surface area contributed by atoms with Gasteiger partial charge in [-0.25, -0.2) is 9.82 Å². The number of carbonyl (C=O) groups excluding carboxylic acids is 3. The Morgan fingerprint density at radius 1 is 0.971 bits per heavy atom. The highest BCUT2D eigenvalue weighted by Crippen LogP contribution is 2.13. The van der Waals surface area contributed by atoms with Crippen molar-refractivity contribution < 1.29 is 23.5 Å². The van der Waals surface area contributed by atoms with Gasteiger partial charge in [-0.2, -0.15) is 5.10 Å². The van der Waals surface area contributed by atoms with E-state index in [0.29, 0.717) is 17.0 Å². The lowest BCUT2D eigenvalue weighted by Gasteiger charge is -2.08. The Labute approximate surface area is 195 Å². The summed E-state index contributed by atoms with van der Waals surface area (Å²) in [6.45, 7) is 1.93. The van der Waals surface area contributed by atoms with Crippen LogP contribution in [0.5, 0.6) is 5.75 Å². The molecule has 3 amide bonds. The summed E-state index contributed by atoms with van der Waals surface area (Å²) in [5, 5.41) is 8.89. The molecule has 0 radical (unpaired) electrons. The Balaban J connectivity index is 1.43. The smallest absolute Gasteiger partial charge is 0.329 e. The maximum absolute atomic E-state index is 12.9. The molecule has 0 aliphatic carbocycles. The van der Waals surface area contributed by atoms with Gasteiger partial charge >= 0.3 is 11.8 Å². The van der Waals surface area contributed by atoms with E-state index < -0.39 is 23.5 Å². The fraction of sp³-hybridized carbons (Fsp3) is 0.120. The molecule has 3 aromatic carbocycles. The van der Waals surface area contributed by atoms with Crippen molar-refractivity contribution in [2.24, 2.45) is 5.10 Å². The van der Waals surface area contributed by atoms with Gasteiger partial charge in [-0.1, -0.05) is 42.0 Å². The molecule has 0 aliphatic rings. The van der Waals surface area contributed by atoms with Crippen LogP contribution in [0.25, 0.3) is 0 Å². The third-order valence-corrected chi connectivity index (χ3v) is 4.52. The van der Waals surface area contributed by atoms with Gasteiger partial charge in [0.1, 0.15) is 11.6 Å². The second kappa shape index (κ2) is 11.9. The minimum absolute atomic E-state index is 0.227. The van der Waals surface area contributed by atoms with Crippen molar-refractivity contribution >= 4 is 29.6 Å². The van der Waals surface area contributed by atoms with Crippen LogP contribution in [0.4, 0.5) is 10.1 Å². The van der Waals surface area contributed by atoms with Crippen LogP contribution in [0, 0.1) is 12.7 Å². The Morgan fingerprint density at radius 2 is 1.71 bits per heavy atom. The third kappa shape index (κ3) is 7.86. The molecule has 34 heavy (non-hydrogen) atoms. The van der Waals surface area contributed by atoms with E-state index in [-0.39, 0.29) is 13.2 Å². The zero-order valence-electron chi connectivity index (χ0n) is 18.4. The molecule has 3 aromatic rings. The average molecular weight is 462 g/mol. The van der Waals surface area contributed by atoms with Gasteiger partial charge in [-0.3, -0.25) is 14.4 Å². The van der Waals surface area contributed by atoms with Crippen LogP contribution >= 0.6 is 0 Å². The van der Waals surface area contributed by atoms with Gasteiger partial charge in [-0.15, -0.1) is 0 Å². The average Bonchev–Trinajstić information content (AvgIpc) is 2.84. The molecule has 0 saturated carbocycles. The highest BCUT2D eigenvalue weighted by atomic mass is 19.1. The first-order chi connectivity index (χ1) is 16.4. The zero-order chi connectivity index (χ0) is 24.3. The van der Waals surface area contributed by atoms with Gasteiger partial charge < -0.3 is 15.4 Å². The molecule has 8 nitrogen and oxygen atoms in total. The van der Waals surface area contributed by atoms with Crippen LogP contribution in [0.1, 0.15) is 16.7 Å². The lowest BCUT2D eigenvalue weighted by molar-refractivity contribution is -0.139. The van der Waals surface area contributed by atoms with Gasteiger partial charge in [0.2, 0.25) is 0 Å². The number of rotatable bonds is 8. The first-order valence-corrected chi connectivity index (χ1v) is 10.3. The van der Waals surface area contributed by atoms with Crippen molar-refractivity contribution in [3.05, 3.63) is 95.3 Å². The summed E-state index contributed by atoms with van der Waals surface area (Å²) < 4.78 is 18.4. The van der Waals surface area contributed by atoms with Crippen LogP contribution in [0.15, 0.2) is 77.9 Å². The number of aryl methyl sites for hydroxylation is 1. The van der Waals surface area contributed by atoms with Crippen LogP contribution in [0.3, 0.4) is 0 Å². The van der Waals surface area contributed by atoms with Gasteiger partial charge in [0.05, 0.1) is 6.21 Å². The van der Waals surface area contributed by atoms with Crippen molar-refractivity contribution in [1.29, 1.82) is 0 Å². The summed E-state index contributed by atoms with van der Waals surface area (Å²) in [6.07, 6.45) is 1.34. The first kappa shape index (κ1) is 24.1. The fourth-order valence-electron chi connectivity index (χ4n) is 2.75. The number of nitrogens with zero attached hydrogens (tertiary/aromatic N) is 1. The molecule has 0 heterocycles. The standard InChI is InChI=1S/C25H23FN4O4/c1-17-5-7-18(8-6-17)14-27-24(32)25(33)30-28-15-19-3-2-4-22(13-19)34-16-23(31)29-21-11-9-20(26)10-12-21/h2-13,15H,14,16H2,1H3,(H,27,32)(H,29,31)(H,30,33)/b28-15-. The number of hydrogen-bond donors (Lipinski definition) is 3. The summed E-state index contributed by atoms with van der Waals surface area (Å²) in [5.74, 6) is -2.10. The minimum atomic E-state index is -0.895. The number of nitrogens with one attached hydrogen (secondary N) is 3. The number of anilines is 1. The first-order valence-electron chi connectivity index (χ1n) is 10.3. The number of hydrazone groups is 1. The molecule has 0 saturated heterocycles. The molecule has 0 bridgehead atoms. The van der Waals surface area contributed by atoms with E-state index in [1.807, 2.05) is 31.2 Å². The van der Waals surface area contributed by atoms with Crippen molar-refractivity contribution in [3.63, 3.8) is 0 Å². The number of halogens is 1. The number of hydrogen-bond acceptors (Lipinski definition) is 5. The molecule has 0 aliphatic heterocycles. The summed E-state index contributed by atoms with van der Waals surface area (Å²) in [6, 6.07) is 19.6. The van der Waals surface area contributed by atoms with Gasteiger partial charge in [0.25, 0.3) is 5.91 Å². The molecule has 0 unspecified atom stereocenters. The highest BCUT2D eigenvalue weighted by Gasteiger charge is 2.12. The summed E-state index contributed by atoms with van der Waals surface area (Å²) >= 11 is 0. The number of amides is 3. The van der Waals surface area contributed by atoms with Gasteiger partial charge in [0.15, 0.2) is 6.61 Å². The quantitative estimate of drug-likeness (QED) is 0.272. The fourth-order valence-corrected chi connectivity index (χ4v) is 2.75. The number of benzene rings is 3. The summed E-state index contributed by atoms with van der Waals surface area (Å²) in [7, 11) is 0. The molecular formula is C25H23FN4O4. The Bertz CT molecular complexity index is 1180.